The van der Waals surface area contributed by atoms with Crippen molar-refractivity contribution >= 4 is 33.8 Å². The molecule has 3 aliphatic heterocycles. The number of hydrogen-bond acceptors (Lipinski definition) is 6. The molecule has 0 unspecified atom stereocenters. The summed E-state index contributed by atoms with van der Waals surface area (Å²) in [6, 6.07) is -0.364. The Morgan fingerprint density at radius 2 is 2.08 bits per heavy atom. The number of fused-ring (bicyclic) bond motifs is 1. The average molecular weight is 391 g/mol. The molecule has 0 bridgehead atoms. The number of carboxylic acids is 1. The zero-order valence-electron chi connectivity index (χ0n) is 13.8. The smallest absolute Gasteiger partial charge is 0.353 e. The van der Waals surface area contributed by atoms with Gasteiger partial charge in [-0.2, -0.15) is 12.7 Å². The van der Waals surface area contributed by atoms with Crippen molar-refractivity contribution in [1.29, 1.82) is 0 Å². The lowest BCUT2D eigenvalue weighted by molar-refractivity contribution is -0.163. The van der Waals surface area contributed by atoms with Gasteiger partial charge >= 0.3 is 5.97 Å². The predicted octanol–water partition coefficient (Wildman–Crippen LogP) is -0.849. The van der Waals surface area contributed by atoms with Crippen LogP contribution in [0.15, 0.2) is 10.6 Å². The third-order valence-electron chi connectivity index (χ3n) is 5.07. The first-order valence-corrected chi connectivity index (χ1v) is 10.4. The Morgan fingerprint density at radius 1 is 1.44 bits per heavy atom. The molecule has 1 amide bonds. The molecule has 5 atom stereocenters. The molecule has 2 fully saturated rings. The van der Waals surface area contributed by atoms with Crippen LogP contribution in [0.5, 0.6) is 0 Å². The van der Waals surface area contributed by atoms with Crippen LogP contribution in [0.25, 0.3) is 0 Å². The number of aliphatic hydroxyl groups excluding tert-OH is 1. The lowest BCUT2D eigenvalue weighted by Crippen LogP contribution is -2.63. The number of rotatable bonds is 5. The molecule has 25 heavy (non-hydrogen) atoms. The molecular formula is C14H21N3O6S2. The minimum atomic E-state index is -3.76. The quantitative estimate of drug-likeness (QED) is 0.518. The molecule has 0 aromatic rings. The fourth-order valence-corrected chi connectivity index (χ4v) is 6.21. The number of carbonyl (C=O) groups excluding carboxylic acids is 1. The summed E-state index contributed by atoms with van der Waals surface area (Å²) >= 11 is 1.30. The van der Waals surface area contributed by atoms with Gasteiger partial charge in [-0.05, 0) is 13.3 Å². The largest absolute Gasteiger partial charge is 0.477 e. The van der Waals surface area contributed by atoms with Crippen molar-refractivity contribution in [2.45, 2.75) is 37.7 Å². The Labute approximate surface area is 150 Å². The van der Waals surface area contributed by atoms with Crippen LogP contribution in [0.1, 0.15) is 20.3 Å². The molecule has 0 saturated carbocycles. The zero-order valence-corrected chi connectivity index (χ0v) is 15.5. The Balaban J connectivity index is 1.83. The van der Waals surface area contributed by atoms with Gasteiger partial charge < -0.3 is 15.1 Å². The van der Waals surface area contributed by atoms with Crippen molar-refractivity contribution in [1.82, 2.24) is 9.21 Å². The van der Waals surface area contributed by atoms with E-state index < -0.39 is 28.2 Å². The molecular weight excluding hydrogens is 370 g/mol. The van der Waals surface area contributed by atoms with Gasteiger partial charge in [-0.1, -0.05) is 6.92 Å². The van der Waals surface area contributed by atoms with E-state index in [1.165, 1.54) is 27.9 Å². The summed E-state index contributed by atoms with van der Waals surface area (Å²) < 4.78 is 24.0. The highest BCUT2D eigenvalue weighted by Gasteiger charge is 2.60. The molecule has 0 spiro atoms. The van der Waals surface area contributed by atoms with Crippen molar-refractivity contribution in [2.24, 2.45) is 17.0 Å². The Hall–Kier alpha value is -1.14. The first kappa shape index (κ1) is 18.6. The van der Waals surface area contributed by atoms with E-state index in [1.54, 1.807) is 0 Å². The number of carbonyl (C=O) groups is 2. The van der Waals surface area contributed by atoms with Crippen LogP contribution in [-0.2, 0) is 19.8 Å². The fourth-order valence-electron chi connectivity index (χ4n) is 3.88. The summed E-state index contributed by atoms with van der Waals surface area (Å²) in [7, 11) is -3.76. The van der Waals surface area contributed by atoms with Gasteiger partial charge in [0.2, 0.25) is 5.91 Å². The van der Waals surface area contributed by atoms with Gasteiger partial charge in [0.05, 0.1) is 18.1 Å². The third-order valence-corrected chi connectivity index (χ3v) is 7.66. The van der Waals surface area contributed by atoms with E-state index in [0.717, 1.165) is 0 Å². The van der Waals surface area contributed by atoms with Crippen LogP contribution in [0.3, 0.4) is 0 Å². The van der Waals surface area contributed by atoms with E-state index in [4.69, 9.17) is 5.14 Å². The van der Waals surface area contributed by atoms with E-state index in [-0.39, 0.29) is 35.4 Å². The van der Waals surface area contributed by atoms with Crippen LogP contribution in [0.2, 0.25) is 0 Å². The molecule has 3 aliphatic rings. The highest BCUT2D eigenvalue weighted by molar-refractivity contribution is 8.03. The van der Waals surface area contributed by atoms with Gasteiger partial charge in [-0.15, -0.1) is 11.8 Å². The lowest BCUT2D eigenvalue weighted by Gasteiger charge is -2.46. The molecule has 0 radical (unpaired) electrons. The van der Waals surface area contributed by atoms with Crippen molar-refractivity contribution < 1.29 is 28.2 Å². The van der Waals surface area contributed by atoms with Gasteiger partial charge in [0.15, 0.2) is 0 Å². The van der Waals surface area contributed by atoms with Gasteiger partial charge in [0.1, 0.15) is 5.70 Å². The van der Waals surface area contributed by atoms with Crippen molar-refractivity contribution in [2.75, 3.05) is 13.1 Å². The number of carboxylic acid groups (broad SMARTS) is 1. The van der Waals surface area contributed by atoms with E-state index in [1.807, 2.05) is 6.92 Å². The molecule has 11 heteroatoms. The van der Waals surface area contributed by atoms with Crippen LogP contribution >= 0.6 is 11.8 Å². The minimum Gasteiger partial charge on any atom is -0.477 e. The molecule has 9 nitrogen and oxygen atoms in total. The van der Waals surface area contributed by atoms with Gasteiger partial charge in [0.25, 0.3) is 10.2 Å². The molecule has 4 N–H and O–H groups in total. The van der Waals surface area contributed by atoms with Crippen LogP contribution in [-0.4, -0.2) is 70.2 Å². The van der Waals surface area contributed by atoms with E-state index in [2.05, 4.69) is 0 Å². The highest BCUT2D eigenvalue weighted by Crippen LogP contribution is 2.51. The highest BCUT2D eigenvalue weighted by atomic mass is 32.2. The SMILES string of the molecule is C[C@@H](O)[C@H]1C(=O)N2C(C(=O)O)=C(S[C@H]3CCN(S(N)(=O)=O)C3)[C@H](C)[C@H]12. The summed E-state index contributed by atoms with van der Waals surface area (Å²) in [6.07, 6.45) is -0.289. The van der Waals surface area contributed by atoms with Crippen LogP contribution in [0.4, 0.5) is 0 Å². The average Bonchev–Trinajstić information content (AvgIpc) is 3.02. The second kappa shape index (κ2) is 6.23. The molecule has 2 saturated heterocycles. The summed E-state index contributed by atoms with van der Waals surface area (Å²) in [5, 5.41) is 24.4. The number of thioether (sulfide) groups is 1. The predicted molar refractivity (Wildman–Crippen MR) is 90.3 cm³/mol. The van der Waals surface area contributed by atoms with Crippen LogP contribution < -0.4 is 5.14 Å². The Morgan fingerprint density at radius 3 is 2.56 bits per heavy atom. The number of amides is 1. The van der Waals surface area contributed by atoms with Crippen molar-refractivity contribution in [3.63, 3.8) is 0 Å². The number of nitrogens with zero attached hydrogens (tertiary/aromatic N) is 2. The number of β-lactam (4-membered cyclic amide) rings is 1. The first-order valence-electron chi connectivity index (χ1n) is 7.97. The molecule has 0 aromatic carbocycles. The van der Waals surface area contributed by atoms with Crippen molar-refractivity contribution in [3.8, 4) is 0 Å². The number of hydrogen-bond donors (Lipinski definition) is 3. The fraction of sp³-hybridized carbons (Fsp3) is 0.714. The summed E-state index contributed by atoms with van der Waals surface area (Å²) in [6.45, 7) is 3.87. The van der Waals surface area contributed by atoms with E-state index in [0.29, 0.717) is 17.9 Å². The van der Waals surface area contributed by atoms with Gasteiger partial charge in [-0.25, -0.2) is 9.93 Å². The third kappa shape index (κ3) is 2.97. The molecule has 140 valence electrons. The number of nitrogens with two attached hydrogens (primary N) is 1. The number of aliphatic carboxylic acids is 1. The van der Waals surface area contributed by atoms with E-state index >= 15 is 0 Å². The first-order chi connectivity index (χ1) is 11.5. The Bertz CT molecular complexity index is 750. The summed E-state index contributed by atoms with van der Waals surface area (Å²) in [5.41, 5.74) is -0.0431. The molecule has 3 rings (SSSR count). The van der Waals surface area contributed by atoms with Gasteiger partial charge in [0, 0.05) is 29.2 Å². The maximum atomic E-state index is 12.3. The van der Waals surface area contributed by atoms with Gasteiger partial charge in [-0.3, -0.25) is 4.79 Å². The van der Waals surface area contributed by atoms with Crippen LogP contribution in [0, 0.1) is 11.8 Å². The van der Waals surface area contributed by atoms with Crippen molar-refractivity contribution in [3.05, 3.63) is 10.6 Å². The van der Waals surface area contributed by atoms with E-state index in [9.17, 15) is 28.2 Å². The normalized spacial score (nSPS) is 34.2. The monoisotopic (exact) mass is 391 g/mol. The molecule has 3 heterocycles. The topological polar surface area (TPSA) is 141 Å². The second-order valence-corrected chi connectivity index (χ2v) is 9.59. The molecule has 0 aromatic heterocycles. The maximum absolute atomic E-state index is 12.3. The standard InChI is InChI=1S/C14H21N3O6S2/c1-6-10-9(7(2)18)13(19)17(10)11(14(20)21)12(6)24-8-3-4-16(5-8)25(15,22)23/h6-10,18H,3-5H2,1-2H3,(H,20,21)(H2,15,22,23)/t6-,7-,8+,9-,10-/m1/s1. The lowest BCUT2D eigenvalue weighted by atomic mass is 9.79. The summed E-state index contributed by atoms with van der Waals surface area (Å²) in [4.78, 5) is 25.8. The minimum absolute atomic E-state index is 0.0431. The molecule has 0 aliphatic carbocycles. The summed E-state index contributed by atoms with van der Waals surface area (Å²) in [5.74, 6) is -2.39. The zero-order chi connectivity index (χ0) is 18.7. The number of aliphatic hydroxyl groups is 1. The maximum Gasteiger partial charge on any atom is 0.353 e. The Kier molecular flexibility index (Phi) is 4.65. The second-order valence-electron chi connectivity index (χ2n) is 6.70.